The fourth-order valence-electron chi connectivity index (χ4n) is 7.75. The van der Waals surface area contributed by atoms with Crippen molar-refractivity contribution in [2.24, 2.45) is 0 Å². The first-order valence-electron chi connectivity index (χ1n) is 28.9. The molecule has 0 aliphatic carbocycles. The van der Waals surface area contributed by atoms with E-state index in [0.29, 0.717) is 19.3 Å². The lowest BCUT2D eigenvalue weighted by Crippen LogP contribution is -2.30. The molecule has 70 heavy (non-hydrogen) atoms. The monoisotopic (exact) mass is 971 g/mol. The molecule has 0 heterocycles. The van der Waals surface area contributed by atoms with Gasteiger partial charge in [0.25, 0.3) is 0 Å². The number of ether oxygens (including phenoxy) is 3. The summed E-state index contributed by atoms with van der Waals surface area (Å²) in [4.78, 5) is 38.0. The average Bonchev–Trinajstić information content (AvgIpc) is 3.36. The number of unbranched alkanes of at least 4 members (excludes halogenated alkanes) is 22. The summed E-state index contributed by atoms with van der Waals surface area (Å²) in [5.74, 6) is -0.910. The molecule has 0 rings (SSSR count). The molecule has 0 aliphatic rings. The van der Waals surface area contributed by atoms with Gasteiger partial charge < -0.3 is 14.2 Å². The summed E-state index contributed by atoms with van der Waals surface area (Å²) >= 11 is 0. The van der Waals surface area contributed by atoms with Crippen molar-refractivity contribution in [3.05, 3.63) is 109 Å². The van der Waals surface area contributed by atoms with Crippen molar-refractivity contribution in [2.75, 3.05) is 13.2 Å². The van der Waals surface area contributed by atoms with E-state index in [1.165, 1.54) is 83.5 Å². The number of hydrogen-bond acceptors (Lipinski definition) is 6. The maximum absolute atomic E-state index is 12.8. The van der Waals surface area contributed by atoms with Gasteiger partial charge in [0.1, 0.15) is 13.2 Å². The second-order valence-electron chi connectivity index (χ2n) is 18.8. The number of esters is 3. The highest BCUT2D eigenvalue weighted by Crippen LogP contribution is 2.15. The first-order chi connectivity index (χ1) is 34.5. The van der Waals surface area contributed by atoms with Gasteiger partial charge in [-0.25, -0.2) is 0 Å². The topological polar surface area (TPSA) is 78.9 Å². The molecule has 0 saturated carbocycles. The van der Waals surface area contributed by atoms with Gasteiger partial charge in [0, 0.05) is 19.3 Å². The Kier molecular flexibility index (Phi) is 54.4. The fourth-order valence-corrected chi connectivity index (χ4v) is 7.75. The second kappa shape index (κ2) is 57.6. The van der Waals surface area contributed by atoms with Gasteiger partial charge in [0.15, 0.2) is 6.10 Å². The van der Waals surface area contributed by atoms with Gasteiger partial charge >= 0.3 is 17.9 Å². The third-order valence-corrected chi connectivity index (χ3v) is 12.0. The van der Waals surface area contributed by atoms with E-state index < -0.39 is 6.10 Å². The zero-order chi connectivity index (χ0) is 50.7. The van der Waals surface area contributed by atoms with Crippen LogP contribution in [0.15, 0.2) is 109 Å². The minimum Gasteiger partial charge on any atom is -0.462 e. The predicted molar refractivity (Wildman–Crippen MR) is 302 cm³/mol. The van der Waals surface area contributed by atoms with Crippen LogP contribution in [0.2, 0.25) is 0 Å². The van der Waals surface area contributed by atoms with Crippen molar-refractivity contribution in [3.63, 3.8) is 0 Å². The Balaban J connectivity index is 4.27. The van der Waals surface area contributed by atoms with Crippen LogP contribution in [0, 0.1) is 0 Å². The Morgan fingerprint density at radius 1 is 0.300 bits per heavy atom. The normalized spacial score (nSPS) is 12.9. The zero-order valence-corrected chi connectivity index (χ0v) is 45.5. The summed E-state index contributed by atoms with van der Waals surface area (Å²) in [6.07, 6.45) is 78.0. The smallest absolute Gasteiger partial charge is 0.306 e. The molecule has 0 aromatic heterocycles. The van der Waals surface area contributed by atoms with Crippen LogP contribution in [-0.2, 0) is 28.6 Å². The molecule has 0 N–H and O–H groups in total. The number of carbonyl (C=O) groups is 3. The van der Waals surface area contributed by atoms with E-state index in [1.54, 1.807) is 0 Å². The molecule has 0 aliphatic heterocycles. The summed E-state index contributed by atoms with van der Waals surface area (Å²) in [5, 5.41) is 0. The molecule has 6 nitrogen and oxygen atoms in total. The van der Waals surface area contributed by atoms with Crippen molar-refractivity contribution in [3.8, 4) is 0 Å². The van der Waals surface area contributed by atoms with Crippen molar-refractivity contribution in [2.45, 2.75) is 264 Å². The lowest BCUT2D eigenvalue weighted by Gasteiger charge is -2.18. The first-order valence-corrected chi connectivity index (χ1v) is 28.9. The largest absolute Gasteiger partial charge is 0.462 e. The van der Waals surface area contributed by atoms with Gasteiger partial charge in [-0.05, 0) is 103 Å². The summed E-state index contributed by atoms with van der Waals surface area (Å²) < 4.78 is 16.8. The van der Waals surface area contributed by atoms with Crippen molar-refractivity contribution >= 4 is 17.9 Å². The molecule has 6 heteroatoms. The molecule has 0 spiro atoms. The SMILES string of the molecule is CC/C=C\C/C=C\C/C=C\C/C=C\C/C=C\CCCCCCCCCCCC(=O)OCC(COC(=O)CCCCCCCCCC)OC(=O)CCCCCCCC/C=C\C/C=C\C/C=C\C/C=C\CC. The molecular formula is C64H106O6. The second-order valence-corrected chi connectivity index (χ2v) is 18.8. The Labute approximate surface area is 431 Å². The highest BCUT2D eigenvalue weighted by Gasteiger charge is 2.19. The van der Waals surface area contributed by atoms with Gasteiger partial charge in [-0.15, -0.1) is 0 Å². The molecule has 0 aromatic carbocycles. The minimum atomic E-state index is -0.788. The van der Waals surface area contributed by atoms with Crippen molar-refractivity contribution in [1.29, 1.82) is 0 Å². The maximum Gasteiger partial charge on any atom is 0.306 e. The molecule has 0 fully saturated rings. The number of allylic oxidation sites excluding steroid dienone is 18. The fraction of sp³-hybridized carbons (Fsp3) is 0.672. The highest BCUT2D eigenvalue weighted by atomic mass is 16.6. The van der Waals surface area contributed by atoms with Crippen LogP contribution in [0.4, 0.5) is 0 Å². The van der Waals surface area contributed by atoms with Crippen LogP contribution in [0.5, 0.6) is 0 Å². The average molecular weight is 972 g/mol. The van der Waals surface area contributed by atoms with Crippen molar-refractivity contribution in [1.82, 2.24) is 0 Å². The van der Waals surface area contributed by atoms with Crippen LogP contribution in [0.25, 0.3) is 0 Å². The minimum absolute atomic E-state index is 0.0858. The third-order valence-electron chi connectivity index (χ3n) is 12.0. The van der Waals surface area contributed by atoms with Crippen molar-refractivity contribution < 1.29 is 28.6 Å². The van der Waals surface area contributed by atoms with Crippen LogP contribution in [0.3, 0.4) is 0 Å². The zero-order valence-electron chi connectivity index (χ0n) is 45.5. The van der Waals surface area contributed by atoms with E-state index in [9.17, 15) is 14.4 Å². The van der Waals surface area contributed by atoms with Gasteiger partial charge in [0.2, 0.25) is 0 Å². The summed E-state index contributed by atoms with van der Waals surface area (Å²) in [5.41, 5.74) is 0. The van der Waals surface area contributed by atoms with E-state index in [2.05, 4.69) is 130 Å². The lowest BCUT2D eigenvalue weighted by atomic mass is 10.1. The van der Waals surface area contributed by atoms with Gasteiger partial charge in [-0.2, -0.15) is 0 Å². The molecule has 1 unspecified atom stereocenters. The summed E-state index contributed by atoms with van der Waals surface area (Å²) in [7, 11) is 0. The Bertz CT molecular complexity index is 1440. The van der Waals surface area contributed by atoms with E-state index in [-0.39, 0.29) is 31.1 Å². The van der Waals surface area contributed by atoms with Crippen LogP contribution in [-0.4, -0.2) is 37.2 Å². The molecule has 0 radical (unpaired) electrons. The molecule has 0 saturated heterocycles. The molecule has 398 valence electrons. The molecule has 0 bridgehead atoms. The molecule has 0 aromatic rings. The predicted octanol–water partition coefficient (Wildman–Crippen LogP) is 19.5. The summed E-state index contributed by atoms with van der Waals surface area (Å²) in [6.45, 7) is 6.37. The van der Waals surface area contributed by atoms with Gasteiger partial charge in [0.05, 0.1) is 0 Å². The Morgan fingerprint density at radius 3 is 0.871 bits per heavy atom. The maximum atomic E-state index is 12.8. The van der Waals surface area contributed by atoms with E-state index in [0.717, 1.165) is 135 Å². The molecule has 0 amide bonds. The highest BCUT2D eigenvalue weighted by molar-refractivity contribution is 5.71. The van der Waals surface area contributed by atoms with Crippen LogP contribution < -0.4 is 0 Å². The number of rotatable bonds is 51. The summed E-state index contributed by atoms with van der Waals surface area (Å²) in [6, 6.07) is 0. The van der Waals surface area contributed by atoms with Gasteiger partial charge in [-0.3, -0.25) is 14.4 Å². The van der Waals surface area contributed by atoms with E-state index in [1.807, 2.05) is 0 Å². The van der Waals surface area contributed by atoms with Crippen LogP contribution >= 0.6 is 0 Å². The van der Waals surface area contributed by atoms with Crippen LogP contribution in [0.1, 0.15) is 258 Å². The number of hydrogen-bond donors (Lipinski definition) is 0. The lowest BCUT2D eigenvalue weighted by molar-refractivity contribution is -0.167. The number of carbonyl (C=O) groups excluding carboxylic acids is 3. The van der Waals surface area contributed by atoms with E-state index in [4.69, 9.17) is 14.2 Å². The first kappa shape index (κ1) is 66.1. The Hall–Kier alpha value is -3.93. The standard InChI is InChI=1S/C64H106O6/c1-4-7-10-13-16-19-21-23-25-27-29-30-31-32-33-34-36-37-39-41-43-45-48-51-54-57-63(66)69-60-61(59-68-62(65)56-53-50-47-18-15-12-9-6-3)70-64(67)58-55-52-49-46-44-42-40-38-35-28-26-24-22-20-17-14-11-8-5-2/h7-8,10-11,16-17,19-20,23-26,29-30,32-33,35,38,61H,4-6,9,12-15,18,21-22,27-28,31,34,36-37,39-60H2,1-3H3/b10-7-,11-8-,19-16-,20-17-,25-23-,26-24-,30-29-,33-32-,38-35-. The third kappa shape index (κ3) is 55.0. The Morgan fingerprint density at radius 2 is 0.557 bits per heavy atom. The molecular weight excluding hydrogens is 865 g/mol. The quantitative estimate of drug-likeness (QED) is 0.0262. The molecule has 1 atom stereocenters. The van der Waals surface area contributed by atoms with Gasteiger partial charge in [-0.1, -0.05) is 246 Å². The van der Waals surface area contributed by atoms with E-state index >= 15 is 0 Å².